The van der Waals surface area contributed by atoms with Gasteiger partial charge in [-0.3, -0.25) is 0 Å². The molecule has 3 rings (SSSR count). The number of rotatable bonds is 9. The fourth-order valence-electron chi connectivity index (χ4n) is 3.35. The monoisotopic (exact) mass is 447 g/mol. The lowest BCUT2D eigenvalue weighted by atomic mass is 9.87. The van der Waals surface area contributed by atoms with Gasteiger partial charge in [0.1, 0.15) is 0 Å². The second kappa shape index (κ2) is 12.5. The Morgan fingerprint density at radius 3 is 1.91 bits per heavy atom. The summed E-state index contributed by atoms with van der Waals surface area (Å²) in [5.74, 6) is 0. The van der Waals surface area contributed by atoms with E-state index in [2.05, 4.69) is 87.3 Å². The standard InChI is InChI=1S/C28H32ClN.C2H6/c1-5-28(3,4)21(2)30-25-19-15-23(16-20-25)10-8-9-22-13-17-24(18-14-22)26-11-6-7-12-27(26)29;1-2/h6-7,11-20,30H,2,5,8-10H2,1,3-4H3;1-2H3. The molecule has 0 aliphatic rings. The molecule has 0 heterocycles. The van der Waals surface area contributed by atoms with E-state index in [9.17, 15) is 0 Å². The Labute approximate surface area is 200 Å². The van der Waals surface area contributed by atoms with E-state index < -0.39 is 0 Å². The van der Waals surface area contributed by atoms with Crippen molar-refractivity contribution >= 4 is 17.3 Å². The topological polar surface area (TPSA) is 12.0 Å². The first-order valence-corrected chi connectivity index (χ1v) is 12.2. The van der Waals surface area contributed by atoms with Crippen LogP contribution >= 0.6 is 11.6 Å². The van der Waals surface area contributed by atoms with Crippen LogP contribution in [0.2, 0.25) is 5.02 Å². The SMILES string of the molecule is C=C(Nc1ccc(CCCc2ccc(-c3ccccc3Cl)cc2)cc1)C(C)(C)CC.CC. The summed E-state index contributed by atoms with van der Waals surface area (Å²) in [5.41, 5.74) is 7.26. The zero-order chi connectivity index (χ0) is 23.6. The van der Waals surface area contributed by atoms with Gasteiger partial charge in [0.2, 0.25) is 0 Å². The van der Waals surface area contributed by atoms with Gasteiger partial charge in [-0.25, -0.2) is 0 Å². The Hall–Kier alpha value is -2.51. The van der Waals surface area contributed by atoms with Gasteiger partial charge >= 0.3 is 0 Å². The first-order chi connectivity index (χ1) is 15.4. The van der Waals surface area contributed by atoms with Crippen molar-refractivity contribution in [2.75, 3.05) is 5.32 Å². The molecule has 170 valence electrons. The molecule has 0 bridgehead atoms. The summed E-state index contributed by atoms with van der Waals surface area (Å²) in [6.45, 7) is 14.8. The third-order valence-corrected chi connectivity index (χ3v) is 6.35. The van der Waals surface area contributed by atoms with Gasteiger partial charge in [-0.15, -0.1) is 0 Å². The summed E-state index contributed by atoms with van der Waals surface area (Å²) >= 11 is 6.31. The summed E-state index contributed by atoms with van der Waals surface area (Å²) in [6, 6.07) is 25.5. The van der Waals surface area contributed by atoms with Gasteiger partial charge < -0.3 is 5.32 Å². The van der Waals surface area contributed by atoms with Crippen molar-refractivity contribution in [3.8, 4) is 11.1 Å². The molecule has 1 nitrogen and oxygen atoms in total. The van der Waals surface area contributed by atoms with E-state index in [1.54, 1.807) is 0 Å². The molecule has 0 aliphatic carbocycles. The van der Waals surface area contributed by atoms with Gasteiger partial charge in [0.05, 0.1) is 0 Å². The number of benzene rings is 3. The van der Waals surface area contributed by atoms with Crippen LogP contribution in [0.5, 0.6) is 0 Å². The minimum Gasteiger partial charge on any atom is -0.359 e. The number of anilines is 1. The molecule has 0 saturated heterocycles. The van der Waals surface area contributed by atoms with Crippen LogP contribution in [0.1, 0.15) is 58.6 Å². The van der Waals surface area contributed by atoms with Crippen molar-refractivity contribution < 1.29 is 0 Å². The predicted octanol–water partition coefficient (Wildman–Crippen LogP) is 9.57. The average molecular weight is 448 g/mol. The van der Waals surface area contributed by atoms with Crippen LogP contribution < -0.4 is 5.32 Å². The molecule has 32 heavy (non-hydrogen) atoms. The summed E-state index contributed by atoms with van der Waals surface area (Å²) in [4.78, 5) is 0. The van der Waals surface area contributed by atoms with E-state index in [1.165, 1.54) is 16.7 Å². The van der Waals surface area contributed by atoms with Crippen LogP contribution in [0.15, 0.2) is 85.1 Å². The predicted molar refractivity (Wildman–Crippen MR) is 144 cm³/mol. The van der Waals surface area contributed by atoms with Crippen LogP contribution in [0, 0.1) is 5.41 Å². The van der Waals surface area contributed by atoms with Crippen LogP contribution in [0.3, 0.4) is 0 Å². The largest absolute Gasteiger partial charge is 0.359 e. The van der Waals surface area contributed by atoms with Crippen molar-refractivity contribution in [2.24, 2.45) is 5.41 Å². The Bertz CT molecular complexity index is 968. The maximum absolute atomic E-state index is 6.31. The average Bonchev–Trinajstić information content (AvgIpc) is 2.82. The molecule has 2 heteroatoms. The maximum Gasteiger partial charge on any atom is 0.0484 e. The molecule has 0 unspecified atom stereocenters. The van der Waals surface area contributed by atoms with Crippen LogP contribution in [-0.2, 0) is 12.8 Å². The molecule has 1 N–H and O–H groups in total. The van der Waals surface area contributed by atoms with E-state index >= 15 is 0 Å². The minimum atomic E-state index is 0.0973. The van der Waals surface area contributed by atoms with Gasteiger partial charge in [-0.05, 0) is 60.6 Å². The minimum absolute atomic E-state index is 0.0973. The molecule has 3 aromatic rings. The van der Waals surface area contributed by atoms with Gasteiger partial charge in [0, 0.05) is 27.4 Å². The van der Waals surface area contributed by atoms with Crippen molar-refractivity contribution in [1.82, 2.24) is 0 Å². The lowest BCUT2D eigenvalue weighted by Gasteiger charge is -2.26. The number of nitrogens with one attached hydrogen (secondary N) is 1. The zero-order valence-electron chi connectivity index (χ0n) is 20.3. The summed E-state index contributed by atoms with van der Waals surface area (Å²) in [7, 11) is 0. The number of halogens is 1. The van der Waals surface area contributed by atoms with E-state index in [1.807, 2.05) is 32.0 Å². The van der Waals surface area contributed by atoms with Gasteiger partial charge in [-0.2, -0.15) is 0 Å². The second-order valence-corrected chi connectivity index (χ2v) is 8.98. The number of hydrogen-bond acceptors (Lipinski definition) is 1. The van der Waals surface area contributed by atoms with Gasteiger partial charge in [-0.1, -0.05) is 107 Å². The first kappa shape index (κ1) is 25.7. The Morgan fingerprint density at radius 2 is 1.38 bits per heavy atom. The second-order valence-electron chi connectivity index (χ2n) is 8.57. The molecule has 0 aromatic heterocycles. The summed E-state index contributed by atoms with van der Waals surface area (Å²) in [6.07, 6.45) is 4.35. The molecule has 0 spiro atoms. The Kier molecular flexibility index (Phi) is 10.1. The Morgan fingerprint density at radius 1 is 0.844 bits per heavy atom. The lowest BCUT2D eigenvalue weighted by molar-refractivity contribution is 0.434. The molecule has 0 aliphatic heterocycles. The van der Waals surface area contributed by atoms with Gasteiger partial charge in [0.15, 0.2) is 0 Å². The van der Waals surface area contributed by atoms with E-state index in [4.69, 9.17) is 11.6 Å². The molecule has 0 saturated carbocycles. The molecule has 0 fully saturated rings. The quantitative estimate of drug-likeness (QED) is 0.344. The van der Waals surface area contributed by atoms with Crippen molar-refractivity contribution in [1.29, 1.82) is 0 Å². The van der Waals surface area contributed by atoms with Crippen molar-refractivity contribution in [2.45, 2.75) is 60.3 Å². The van der Waals surface area contributed by atoms with Crippen molar-refractivity contribution in [3.05, 3.63) is 101 Å². The number of hydrogen-bond donors (Lipinski definition) is 1. The first-order valence-electron chi connectivity index (χ1n) is 11.8. The highest BCUT2D eigenvalue weighted by atomic mass is 35.5. The summed E-state index contributed by atoms with van der Waals surface area (Å²) < 4.78 is 0. The van der Waals surface area contributed by atoms with Crippen LogP contribution in [-0.4, -0.2) is 0 Å². The van der Waals surface area contributed by atoms with E-state index in [-0.39, 0.29) is 5.41 Å². The van der Waals surface area contributed by atoms with Crippen molar-refractivity contribution in [3.63, 3.8) is 0 Å². The van der Waals surface area contributed by atoms with Crippen LogP contribution in [0.4, 0.5) is 5.69 Å². The Balaban J connectivity index is 0.00000176. The maximum atomic E-state index is 6.31. The third kappa shape index (κ3) is 7.28. The normalized spacial score (nSPS) is 10.8. The molecular weight excluding hydrogens is 410 g/mol. The third-order valence-electron chi connectivity index (χ3n) is 6.02. The zero-order valence-corrected chi connectivity index (χ0v) is 21.1. The highest BCUT2D eigenvalue weighted by Crippen LogP contribution is 2.30. The smallest absolute Gasteiger partial charge is 0.0484 e. The fourth-order valence-corrected chi connectivity index (χ4v) is 3.60. The summed E-state index contributed by atoms with van der Waals surface area (Å²) in [5, 5.41) is 4.26. The fraction of sp³-hybridized carbons (Fsp3) is 0.333. The van der Waals surface area contributed by atoms with E-state index in [0.717, 1.165) is 47.7 Å². The molecule has 0 atom stereocenters. The lowest BCUT2D eigenvalue weighted by Crippen LogP contribution is -2.18. The highest BCUT2D eigenvalue weighted by molar-refractivity contribution is 6.33. The van der Waals surface area contributed by atoms with Crippen LogP contribution in [0.25, 0.3) is 11.1 Å². The molecule has 3 aromatic carbocycles. The molecule has 0 radical (unpaired) electrons. The molecule has 0 amide bonds. The number of allylic oxidation sites excluding steroid dienone is 1. The van der Waals surface area contributed by atoms with E-state index in [0.29, 0.717) is 0 Å². The highest BCUT2D eigenvalue weighted by Gasteiger charge is 2.19. The molecular formula is C30H38ClN. The van der Waals surface area contributed by atoms with Gasteiger partial charge in [0.25, 0.3) is 0 Å². The number of aryl methyl sites for hydroxylation is 2.